The van der Waals surface area contributed by atoms with Crippen LogP contribution in [0.1, 0.15) is 23.2 Å². The highest BCUT2D eigenvalue weighted by molar-refractivity contribution is 14.1. The molecule has 1 N–H and O–H groups in total. The molecule has 0 aliphatic carbocycles. The number of hydrogen-bond acceptors (Lipinski definition) is 2. The summed E-state index contributed by atoms with van der Waals surface area (Å²) >= 11 is 8.19. The maximum Gasteiger partial charge on any atom is 0.170 e. The lowest BCUT2D eigenvalue weighted by atomic mass is 9.77. The first kappa shape index (κ1) is 13.3. The van der Waals surface area contributed by atoms with Crippen LogP contribution in [0.5, 0.6) is 0 Å². The average Bonchev–Trinajstić information content (AvgIpc) is 2.79. The summed E-state index contributed by atoms with van der Waals surface area (Å²) in [7, 11) is 0. The van der Waals surface area contributed by atoms with Crippen molar-refractivity contribution in [3.05, 3.63) is 34.9 Å². The Morgan fingerprint density at radius 3 is 2.65 bits per heavy atom. The van der Waals surface area contributed by atoms with Crippen molar-refractivity contribution in [3.8, 4) is 0 Å². The molecule has 1 aromatic carbocycles. The van der Waals surface area contributed by atoms with Crippen LogP contribution in [-0.4, -0.2) is 23.3 Å². The van der Waals surface area contributed by atoms with Gasteiger partial charge in [0.05, 0.1) is 0 Å². The smallest absolute Gasteiger partial charge is 0.170 e. The van der Waals surface area contributed by atoms with E-state index in [4.69, 9.17) is 11.6 Å². The summed E-state index contributed by atoms with van der Waals surface area (Å²) in [6.07, 6.45) is 1.89. The third-order valence-electron chi connectivity index (χ3n) is 3.40. The molecule has 1 atom stereocenters. The van der Waals surface area contributed by atoms with Crippen LogP contribution in [0.2, 0.25) is 5.02 Å². The zero-order chi connectivity index (χ0) is 12.3. The van der Waals surface area contributed by atoms with Crippen molar-refractivity contribution >= 4 is 40.0 Å². The normalized spacial score (nSPS) is 23.9. The fourth-order valence-corrected chi connectivity index (χ4v) is 3.51. The molecular weight excluding hydrogens is 349 g/mol. The molecule has 92 valence electrons. The lowest BCUT2D eigenvalue weighted by Crippen LogP contribution is -2.34. The third-order valence-corrected chi connectivity index (χ3v) is 4.20. The lowest BCUT2D eigenvalue weighted by Gasteiger charge is -2.25. The van der Waals surface area contributed by atoms with Crippen LogP contribution in [-0.2, 0) is 0 Å². The van der Waals surface area contributed by atoms with Gasteiger partial charge in [-0.25, -0.2) is 0 Å². The highest BCUT2D eigenvalue weighted by Gasteiger charge is 2.40. The van der Waals surface area contributed by atoms with Gasteiger partial charge < -0.3 is 5.32 Å². The fourth-order valence-electron chi connectivity index (χ4n) is 2.35. The van der Waals surface area contributed by atoms with Gasteiger partial charge in [-0.05, 0) is 43.7 Å². The first-order valence-corrected chi connectivity index (χ1v) is 7.65. The summed E-state index contributed by atoms with van der Waals surface area (Å²) in [5.74, 6) is 0.260. The lowest BCUT2D eigenvalue weighted by molar-refractivity contribution is 0.0813. The quantitative estimate of drug-likeness (QED) is 0.505. The number of hydrogen-bond donors (Lipinski definition) is 1. The van der Waals surface area contributed by atoms with Gasteiger partial charge in [-0.3, -0.25) is 4.79 Å². The van der Waals surface area contributed by atoms with Crippen molar-refractivity contribution in [3.63, 3.8) is 0 Å². The molecule has 0 bridgehead atoms. The van der Waals surface area contributed by atoms with Gasteiger partial charge in [0.15, 0.2) is 5.78 Å². The number of Topliss-reactive ketones (excluding diaryl/α,β-unsaturated/α-hetero) is 1. The third kappa shape index (κ3) is 2.83. The summed E-state index contributed by atoms with van der Waals surface area (Å²) in [5, 5.41) is 3.98. The molecule has 1 aliphatic rings. The van der Waals surface area contributed by atoms with E-state index >= 15 is 0 Å². The van der Waals surface area contributed by atoms with Crippen molar-refractivity contribution in [2.75, 3.05) is 17.5 Å². The van der Waals surface area contributed by atoms with Gasteiger partial charge in [0, 0.05) is 27.0 Å². The Balaban J connectivity index is 2.25. The second-order valence-corrected chi connectivity index (χ2v) is 6.00. The summed E-state index contributed by atoms with van der Waals surface area (Å²) < 4.78 is 1.01. The molecule has 1 fully saturated rings. The standard InChI is InChI=1S/C13H15ClINO/c14-11-3-1-10(2-4-11)12(17)13(5-7-15)6-8-16-9-13/h1-4,16H,5-9H2. The van der Waals surface area contributed by atoms with Crippen molar-refractivity contribution in [2.24, 2.45) is 5.41 Å². The monoisotopic (exact) mass is 363 g/mol. The largest absolute Gasteiger partial charge is 0.316 e. The van der Waals surface area contributed by atoms with Gasteiger partial charge in [0.2, 0.25) is 0 Å². The zero-order valence-electron chi connectivity index (χ0n) is 9.51. The Bertz CT molecular complexity index is 398. The van der Waals surface area contributed by atoms with Gasteiger partial charge in [-0.15, -0.1) is 0 Å². The van der Waals surface area contributed by atoms with Crippen LogP contribution >= 0.6 is 34.2 Å². The fraction of sp³-hybridized carbons (Fsp3) is 0.462. The predicted molar refractivity (Wildman–Crippen MR) is 79.2 cm³/mol. The van der Waals surface area contributed by atoms with Crippen molar-refractivity contribution in [2.45, 2.75) is 12.8 Å². The molecule has 1 heterocycles. The second-order valence-electron chi connectivity index (χ2n) is 4.48. The summed E-state index contributed by atoms with van der Waals surface area (Å²) in [4.78, 5) is 12.6. The van der Waals surface area contributed by atoms with E-state index in [0.717, 1.165) is 35.9 Å². The maximum absolute atomic E-state index is 12.6. The summed E-state index contributed by atoms with van der Waals surface area (Å²) in [6, 6.07) is 7.24. The molecule has 2 nitrogen and oxygen atoms in total. The number of ketones is 1. The summed E-state index contributed by atoms with van der Waals surface area (Å²) in [6.45, 7) is 1.74. The molecule has 4 heteroatoms. The molecule has 1 aromatic rings. The van der Waals surface area contributed by atoms with Gasteiger partial charge in [-0.2, -0.15) is 0 Å². The van der Waals surface area contributed by atoms with Crippen LogP contribution in [0.3, 0.4) is 0 Å². The van der Waals surface area contributed by atoms with Crippen molar-refractivity contribution < 1.29 is 4.79 Å². The number of halogens is 2. The van der Waals surface area contributed by atoms with Crippen LogP contribution < -0.4 is 5.32 Å². The number of alkyl halides is 1. The minimum Gasteiger partial charge on any atom is -0.316 e. The van der Waals surface area contributed by atoms with E-state index in [0.29, 0.717) is 5.02 Å². The van der Waals surface area contributed by atoms with Crippen LogP contribution in [0.4, 0.5) is 0 Å². The molecule has 17 heavy (non-hydrogen) atoms. The molecule has 0 radical (unpaired) electrons. The minimum atomic E-state index is -0.199. The van der Waals surface area contributed by atoms with Gasteiger partial charge in [0.25, 0.3) is 0 Å². The van der Waals surface area contributed by atoms with Crippen LogP contribution in [0.15, 0.2) is 24.3 Å². The Morgan fingerprint density at radius 2 is 2.12 bits per heavy atom. The number of carbonyl (C=O) groups excluding carboxylic acids is 1. The zero-order valence-corrected chi connectivity index (χ0v) is 12.4. The highest BCUT2D eigenvalue weighted by Crippen LogP contribution is 2.34. The average molecular weight is 364 g/mol. The van der Waals surface area contributed by atoms with Gasteiger partial charge >= 0.3 is 0 Å². The number of carbonyl (C=O) groups is 1. The van der Waals surface area contributed by atoms with E-state index in [1.165, 1.54) is 0 Å². The van der Waals surface area contributed by atoms with Crippen molar-refractivity contribution in [1.29, 1.82) is 0 Å². The first-order chi connectivity index (χ1) is 8.18. The Labute approximate surface area is 120 Å². The van der Waals surface area contributed by atoms with E-state index in [9.17, 15) is 4.79 Å². The van der Waals surface area contributed by atoms with E-state index in [1.807, 2.05) is 12.1 Å². The molecular formula is C13H15ClINO. The Morgan fingerprint density at radius 1 is 1.41 bits per heavy atom. The maximum atomic E-state index is 12.6. The summed E-state index contributed by atoms with van der Waals surface area (Å²) in [5.41, 5.74) is 0.581. The van der Waals surface area contributed by atoms with E-state index in [-0.39, 0.29) is 11.2 Å². The van der Waals surface area contributed by atoms with Crippen LogP contribution in [0, 0.1) is 5.41 Å². The second kappa shape index (κ2) is 5.67. The minimum absolute atomic E-state index is 0.199. The van der Waals surface area contributed by atoms with E-state index in [2.05, 4.69) is 27.9 Å². The molecule has 0 saturated carbocycles. The molecule has 0 amide bonds. The number of nitrogens with one attached hydrogen (secondary N) is 1. The van der Waals surface area contributed by atoms with Gasteiger partial charge in [0.1, 0.15) is 0 Å². The SMILES string of the molecule is O=C(c1ccc(Cl)cc1)C1(CCI)CCNC1. The topological polar surface area (TPSA) is 29.1 Å². The predicted octanol–water partition coefficient (Wildman–Crippen LogP) is 3.33. The number of benzene rings is 1. The molecule has 1 unspecified atom stereocenters. The Kier molecular flexibility index (Phi) is 4.44. The Hall–Kier alpha value is -0.130. The first-order valence-electron chi connectivity index (χ1n) is 5.75. The molecule has 1 saturated heterocycles. The van der Waals surface area contributed by atoms with E-state index in [1.54, 1.807) is 12.1 Å². The van der Waals surface area contributed by atoms with Crippen LogP contribution in [0.25, 0.3) is 0 Å². The van der Waals surface area contributed by atoms with Crippen molar-refractivity contribution in [1.82, 2.24) is 5.32 Å². The molecule has 0 spiro atoms. The highest BCUT2D eigenvalue weighted by atomic mass is 127. The molecule has 2 rings (SSSR count). The van der Waals surface area contributed by atoms with Gasteiger partial charge in [-0.1, -0.05) is 34.2 Å². The molecule has 0 aromatic heterocycles. The number of rotatable bonds is 4. The van der Waals surface area contributed by atoms with E-state index < -0.39 is 0 Å². The molecule has 1 aliphatic heterocycles.